The molecule has 0 unspecified atom stereocenters. The molecule has 0 aromatic carbocycles. The van der Waals surface area contributed by atoms with Crippen LogP contribution in [-0.4, -0.2) is 38.2 Å². The third kappa shape index (κ3) is 4.55. The van der Waals surface area contributed by atoms with Crippen molar-refractivity contribution >= 4 is 28.5 Å². The molecule has 0 aliphatic carbocycles. The Morgan fingerprint density at radius 2 is 1.91 bits per heavy atom. The van der Waals surface area contributed by atoms with Crippen molar-refractivity contribution in [1.82, 2.24) is 19.4 Å². The van der Waals surface area contributed by atoms with E-state index in [1.807, 2.05) is 25.4 Å². The number of fused-ring (bicyclic) bond motifs is 1. The molecule has 0 saturated carbocycles. The van der Waals surface area contributed by atoms with Crippen molar-refractivity contribution in [2.24, 2.45) is 5.92 Å². The number of thiophene rings is 1. The SMILES string of the molecule is Cc1cnc(CCC(=O)c2cc(N3CCC(C)CC3)c3ncc(-c4ccc(C)s4)n3c2)cn1. The van der Waals surface area contributed by atoms with Crippen LogP contribution < -0.4 is 4.90 Å². The van der Waals surface area contributed by atoms with Gasteiger partial charge in [0.05, 0.1) is 33.8 Å². The van der Waals surface area contributed by atoms with Gasteiger partial charge >= 0.3 is 0 Å². The smallest absolute Gasteiger partial charge is 0.164 e. The second kappa shape index (κ2) is 9.06. The van der Waals surface area contributed by atoms with Gasteiger partial charge in [0, 0.05) is 48.5 Å². The van der Waals surface area contributed by atoms with Crippen LogP contribution >= 0.6 is 11.3 Å². The molecule has 0 amide bonds. The van der Waals surface area contributed by atoms with E-state index in [-0.39, 0.29) is 5.78 Å². The Hall–Kier alpha value is -3.06. The Kier molecular flexibility index (Phi) is 5.98. The number of hydrogen-bond acceptors (Lipinski definition) is 6. The minimum Gasteiger partial charge on any atom is -0.368 e. The molecule has 1 fully saturated rings. The van der Waals surface area contributed by atoms with Crippen LogP contribution in [0.4, 0.5) is 5.69 Å². The monoisotopic (exact) mass is 459 g/mol. The van der Waals surface area contributed by atoms with Crippen molar-refractivity contribution in [3.8, 4) is 10.6 Å². The number of anilines is 1. The summed E-state index contributed by atoms with van der Waals surface area (Å²) in [6, 6.07) is 6.31. The Bertz CT molecular complexity index is 1280. The second-order valence-corrected chi connectivity index (χ2v) is 10.4. The fourth-order valence-electron chi connectivity index (χ4n) is 4.39. The lowest BCUT2D eigenvalue weighted by atomic mass is 9.98. The molecule has 1 saturated heterocycles. The van der Waals surface area contributed by atoms with E-state index >= 15 is 0 Å². The van der Waals surface area contributed by atoms with E-state index in [1.165, 1.54) is 4.88 Å². The molecule has 0 N–H and O–H groups in total. The number of aromatic nitrogens is 4. The van der Waals surface area contributed by atoms with Gasteiger partial charge in [0.2, 0.25) is 0 Å². The van der Waals surface area contributed by atoms with Gasteiger partial charge in [-0.3, -0.25) is 19.2 Å². The first-order valence-electron chi connectivity index (χ1n) is 11.6. The number of hydrogen-bond donors (Lipinski definition) is 0. The first kappa shape index (κ1) is 21.8. The molecular formula is C26H29N5OS. The molecule has 1 aliphatic rings. The third-order valence-corrected chi connectivity index (χ3v) is 7.49. The normalized spacial score (nSPS) is 14.8. The van der Waals surface area contributed by atoms with Crippen LogP contribution in [0.3, 0.4) is 0 Å². The van der Waals surface area contributed by atoms with Gasteiger partial charge in [-0.15, -0.1) is 11.3 Å². The first-order valence-corrected chi connectivity index (χ1v) is 12.4. The summed E-state index contributed by atoms with van der Waals surface area (Å²) < 4.78 is 2.11. The van der Waals surface area contributed by atoms with Crippen LogP contribution in [0, 0.1) is 19.8 Å². The minimum absolute atomic E-state index is 0.118. The molecule has 0 atom stereocenters. The van der Waals surface area contributed by atoms with E-state index in [9.17, 15) is 4.79 Å². The van der Waals surface area contributed by atoms with Gasteiger partial charge in [-0.1, -0.05) is 6.92 Å². The van der Waals surface area contributed by atoms with E-state index in [2.05, 4.69) is 45.2 Å². The lowest BCUT2D eigenvalue weighted by molar-refractivity contribution is 0.0982. The summed E-state index contributed by atoms with van der Waals surface area (Å²) in [6.45, 7) is 8.33. The zero-order valence-electron chi connectivity index (χ0n) is 19.4. The second-order valence-electron chi connectivity index (χ2n) is 9.10. The summed E-state index contributed by atoms with van der Waals surface area (Å²) in [4.78, 5) is 31.6. The molecule has 33 heavy (non-hydrogen) atoms. The van der Waals surface area contributed by atoms with Crippen LogP contribution in [0.25, 0.3) is 16.2 Å². The maximum Gasteiger partial charge on any atom is 0.164 e. The van der Waals surface area contributed by atoms with E-state index in [4.69, 9.17) is 4.98 Å². The summed E-state index contributed by atoms with van der Waals surface area (Å²) >= 11 is 1.75. The van der Waals surface area contributed by atoms with Crippen LogP contribution in [0.1, 0.15) is 52.8 Å². The number of nitrogens with zero attached hydrogens (tertiary/aromatic N) is 5. The predicted molar refractivity (Wildman–Crippen MR) is 133 cm³/mol. The van der Waals surface area contributed by atoms with Gasteiger partial charge in [-0.05, 0) is 57.2 Å². The van der Waals surface area contributed by atoms with Gasteiger partial charge in [0.25, 0.3) is 0 Å². The highest BCUT2D eigenvalue weighted by Crippen LogP contribution is 2.33. The van der Waals surface area contributed by atoms with Crippen LogP contribution in [-0.2, 0) is 6.42 Å². The average molecular weight is 460 g/mol. The van der Waals surface area contributed by atoms with Crippen molar-refractivity contribution in [2.75, 3.05) is 18.0 Å². The Morgan fingerprint density at radius 1 is 1.09 bits per heavy atom. The lowest BCUT2D eigenvalue weighted by Gasteiger charge is -2.32. The molecule has 0 spiro atoms. The summed E-state index contributed by atoms with van der Waals surface area (Å²) in [5.74, 6) is 0.856. The molecule has 1 aliphatic heterocycles. The van der Waals surface area contributed by atoms with Gasteiger partial charge in [0.15, 0.2) is 11.4 Å². The Morgan fingerprint density at radius 3 is 2.61 bits per heavy atom. The molecule has 5 heterocycles. The van der Waals surface area contributed by atoms with E-state index < -0.39 is 0 Å². The minimum atomic E-state index is 0.118. The summed E-state index contributed by atoms with van der Waals surface area (Å²) in [7, 11) is 0. The maximum atomic E-state index is 13.3. The van der Waals surface area contributed by atoms with Crippen LogP contribution in [0.2, 0.25) is 0 Å². The number of Topliss-reactive ketones (excluding diaryl/α,β-unsaturated/α-hetero) is 1. The van der Waals surface area contributed by atoms with Crippen molar-refractivity contribution in [3.05, 3.63) is 64.8 Å². The molecule has 0 radical (unpaired) electrons. The highest BCUT2D eigenvalue weighted by Gasteiger charge is 2.22. The first-order chi connectivity index (χ1) is 16.0. The average Bonchev–Trinajstić information content (AvgIpc) is 3.44. The highest BCUT2D eigenvalue weighted by molar-refractivity contribution is 7.15. The van der Waals surface area contributed by atoms with Crippen molar-refractivity contribution < 1.29 is 4.79 Å². The number of pyridine rings is 1. The Balaban J connectivity index is 1.51. The Labute approximate surface area is 198 Å². The number of rotatable bonds is 6. The predicted octanol–water partition coefficient (Wildman–Crippen LogP) is 5.52. The van der Waals surface area contributed by atoms with Gasteiger partial charge in [-0.25, -0.2) is 4.98 Å². The molecule has 4 aromatic heterocycles. The van der Waals surface area contributed by atoms with Crippen LogP contribution in [0.15, 0.2) is 43.0 Å². The van der Waals surface area contributed by atoms with Crippen molar-refractivity contribution in [3.63, 3.8) is 0 Å². The van der Waals surface area contributed by atoms with Crippen LogP contribution in [0.5, 0.6) is 0 Å². The van der Waals surface area contributed by atoms with E-state index in [1.54, 1.807) is 23.7 Å². The fourth-order valence-corrected chi connectivity index (χ4v) is 5.27. The van der Waals surface area contributed by atoms with Crippen molar-refractivity contribution in [2.45, 2.75) is 46.5 Å². The summed E-state index contributed by atoms with van der Waals surface area (Å²) in [6.07, 6.45) is 10.7. The third-order valence-electron chi connectivity index (χ3n) is 6.47. The number of imidazole rings is 1. The summed E-state index contributed by atoms with van der Waals surface area (Å²) in [5, 5.41) is 0. The molecule has 6 nitrogen and oxygen atoms in total. The van der Waals surface area contributed by atoms with Gasteiger partial charge in [-0.2, -0.15) is 0 Å². The molecular weight excluding hydrogens is 430 g/mol. The zero-order valence-corrected chi connectivity index (χ0v) is 20.2. The van der Waals surface area contributed by atoms with E-state index in [0.717, 1.165) is 70.7 Å². The standard InChI is InChI=1S/C26H29N5OS/c1-17-8-10-30(11-9-17)22-12-20(24(32)6-5-21-14-27-18(2)13-28-21)16-31-23(15-29-26(22)31)25-7-4-19(3)33-25/h4,7,12-17H,5-6,8-11H2,1-3H3. The number of ketones is 1. The van der Waals surface area contributed by atoms with Gasteiger partial charge < -0.3 is 4.90 Å². The lowest BCUT2D eigenvalue weighted by Crippen LogP contribution is -2.33. The van der Waals surface area contributed by atoms with E-state index in [0.29, 0.717) is 12.8 Å². The molecule has 0 bridgehead atoms. The molecule has 4 aromatic rings. The molecule has 7 heteroatoms. The number of carbonyl (C=O) groups is 1. The highest BCUT2D eigenvalue weighted by atomic mass is 32.1. The molecule has 5 rings (SSSR count). The quantitative estimate of drug-likeness (QED) is 0.355. The molecule has 170 valence electrons. The zero-order chi connectivity index (χ0) is 22.9. The summed E-state index contributed by atoms with van der Waals surface area (Å²) in [5.41, 5.74) is 5.47. The number of aryl methyl sites for hydroxylation is 3. The van der Waals surface area contributed by atoms with Gasteiger partial charge in [0.1, 0.15) is 0 Å². The maximum absolute atomic E-state index is 13.3. The topological polar surface area (TPSA) is 63.4 Å². The fraction of sp³-hybridized carbons (Fsp3) is 0.385. The number of piperidine rings is 1. The van der Waals surface area contributed by atoms with Crippen molar-refractivity contribution in [1.29, 1.82) is 0 Å². The largest absolute Gasteiger partial charge is 0.368 e. The number of carbonyl (C=O) groups excluding carboxylic acids is 1.